The van der Waals surface area contributed by atoms with Crippen LogP contribution in [-0.4, -0.2) is 34.1 Å². The second kappa shape index (κ2) is 10.2. The average molecular weight is 529 g/mol. The van der Waals surface area contributed by atoms with Crippen LogP contribution in [0.25, 0.3) is 10.2 Å². The number of hydrogen-bond acceptors (Lipinski definition) is 5. The summed E-state index contributed by atoms with van der Waals surface area (Å²) in [5, 5.41) is 1.91. The van der Waals surface area contributed by atoms with Crippen LogP contribution in [0, 0.1) is 0 Å². The van der Waals surface area contributed by atoms with Crippen molar-refractivity contribution in [3.05, 3.63) is 70.7 Å². The van der Waals surface area contributed by atoms with E-state index in [0.29, 0.717) is 33.0 Å². The molecule has 1 aliphatic rings. The summed E-state index contributed by atoms with van der Waals surface area (Å²) < 4.78 is 8.36. The lowest BCUT2D eigenvalue weighted by molar-refractivity contribution is -0.124. The number of aryl methyl sites for hydroxylation is 1. The van der Waals surface area contributed by atoms with Crippen LogP contribution in [0.5, 0.6) is 5.75 Å². The van der Waals surface area contributed by atoms with E-state index in [1.54, 1.807) is 19.6 Å². The molecule has 35 heavy (non-hydrogen) atoms. The Kier molecular flexibility index (Phi) is 7.00. The fourth-order valence-corrected chi connectivity index (χ4v) is 6.37. The minimum Gasteiger partial charge on any atom is -0.494 e. The molecule has 0 N–H and O–H groups in total. The van der Waals surface area contributed by atoms with Gasteiger partial charge in [0, 0.05) is 30.5 Å². The van der Waals surface area contributed by atoms with E-state index >= 15 is 0 Å². The van der Waals surface area contributed by atoms with Crippen molar-refractivity contribution in [2.24, 2.45) is 0 Å². The molecule has 1 fully saturated rings. The molecule has 0 bridgehead atoms. The van der Waals surface area contributed by atoms with Crippen LogP contribution in [0.3, 0.4) is 0 Å². The summed E-state index contributed by atoms with van der Waals surface area (Å²) in [5.74, 6) is 0.725. The molecule has 0 radical (unpaired) electrons. The highest BCUT2D eigenvalue weighted by atomic mass is 35.5. The quantitative estimate of drug-likeness (QED) is 0.254. The van der Waals surface area contributed by atoms with Crippen molar-refractivity contribution < 1.29 is 9.53 Å². The van der Waals surface area contributed by atoms with Gasteiger partial charge in [-0.2, -0.15) is 0 Å². The normalized spacial score (nSPS) is 14.9. The van der Waals surface area contributed by atoms with Crippen LogP contribution in [0.15, 0.2) is 55.1 Å². The number of amides is 1. The fourth-order valence-electron chi connectivity index (χ4n) is 4.97. The molecule has 1 amide bonds. The maximum atomic E-state index is 14.4. The molecule has 5 rings (SSSR count). The molecular weight excluding hydrogens is 503 g/mol. The molecule has 182 valence electrons. The zero-order chi connectivity index (χ0) is 24.4. The lowest BCUT2D eigenvalue weighted by Crippen LogP contribution is -2.46. The molecule has 6 nitrogen and oxygen atoms in total. The van der Waals surface area contributed by atoms with Crippen molar-refractivity contribution in [2.75, 3.05) is 18.6 Å². The van der Waals surface area contributed by atoms with Crippen molar-refractivity contribution in [1.29, 1.82) is 0 Å². The number of anilines is 1. The van der Waals surface area contributed by atoms with Crippen LogP contribution in [0.4, 0.5) is 5.13 Å². The van der Waals surface area contributed by atoms with Gasteiger partial charge in [-0.1, -0.05) is 59.5 Å². The first-order valence-electron chi connectivity index (χ1n) is 11.7. The third kappa shape index (κ3) is 4.65. The van der Waals surface area contributed by atoms with Gasteiger partial charge in [0.05, 0.1) is 28.6 Å². The first-order valence-corrected chi connectivity index (χ1v) is 13.3. The van der Waals surface area contributed by atoms with Gasteiger partial charge >= 0.3 is 0 Å². The number of imidazole rings is 1. The summed E-state index contributed by atoms with van der Waals surface area (Å²) in [6.07, 6.45) is 9.88. The molecule has 2 aromatic carbocycles. The summed E-state index contributed by atoms with van der Waals surface area (Å²) in [6.45, 7) is 1.29. The predicted molar refractivity (Wildman–Crippen MR) is 142 cm³/mol. The molecule has 1 aliphatic carbocycles. The molecule has 0 saturated heterocycles. The molecule has 0 atom stereocenters. The van der Waals surface area contributed by atoms with Gasteiger partial charge in [0.25, 0.3) is 0 Å². The minimum atomic E-state index is -0.592. The molecule has 1 saturated carbocycles. The third-order valence-electron chi connectivity index (χ3n) is 6.76. The van der Waals surface area contributed by atoms with Gasteiger partial charge in [-0.05, 0) is 49.1 Å². The SMILES string of the molecule is COc1ccc(Cl)c2sc(N(CCCn3ccnc3)C(=O)C3(c4ccc(Cl)cc4)CCCC3)nc12. The van der Waals surface area contributed by atoms with E-state index in [0.717, 1.165) is 48.9 Å². The predicted octanol–water partition coefficient (Wildman–Crippen LogP) is 6.74. The van der Waals surface area contributed by atoms with E-state index in [4.69, 9.17) is 32.9 Å². The largest absolute Gasteiger partial charge is 0.494 e. The standard InChI is InChI=1S/C26H26Cl2N4O2S/c1-34-21-10-9-20(28)23-22(21)30-25(35-23)32(15-4-14-31-16-13-29-17-31)24(33)26(11-2-3-12-26)18-5-7-19(27)8-6-18/h5-10,13,16-17H,2-4,11-12,14-15H2,1H3. The first-order chi connectivity index (χ1) is 17.0. The molecule has 0 spiro atoms. The Morgan fingerprint density at radius 2 is 1.94 bits per heavy atom. The number of halogens is 2. The summed E-state index contributed by atoms with van der Waals surface area (Å²) >= 11 is 14.1. The second-order valence-electron chi connectivity index (χ2n) is 8.83. The number of fused-ring (bicyclic) bond motifs is 1. The Labute approximate surface area is 218 Å². The Morgan fingerprint density at radius 1 is 1.17 bits per heavy atom. The summed E-state index contributed by atoms with van der Waals surface area (Å²) in [7, 11) is 1.61. The Bertz CT molecular complexity index is 1320. The second-order valence-corrected chi connectivity index (χ2v) is 10.7. The lowest BCUT2D eigenvalue weighted by Gasteiger charge is -2.34. The molecule has 2 aromatic heterocycles. The van der Waals surface area contributed by atoms with Gasteiger partial charge in [-0.25, -0.2) is 9.97 Å². The van der Waals surface area contributed by atoms with Crippen LogP contribution < -0.4 is 9.64 Å². The van der Waals surface area contributed by atoms with Gasteiger partial charge < -0.3 is 9.30 Å². The van der Waals surface area contributed by atoms with E-state index < -0.39 is 5.41 Å². The van der Waals surface area contributed by atoms with E-state index in [-0.39, 0.29) is 5.91 Å². The van der Waals surface area contributed by atoms with Crippen LogP contribution in [-0.2, 0) is 16.8 Å². The first kappa shape index (κ1) is 24.1. The topological polar surface area (TPSA) is 60.2 Å². The number of aromatic nitrogens is 3. The summed E-state index contributed by atoms with van der Waals surface area (Å²) in [4.78, 5) is 25.3. The number of nitrogens with zero attached hydrogens (tertiary/aromatic N) is 4. The molecular formula is C26H26Cl2N4O2S. The highest BCUT2D eigenvalue weighted by Gasteiger charge is 2.45. The number of carbonyl (C=O) groups excluding carboxylic acids is 1. The van der Waals surface area contributed by atoms with Crippen LogP contribution >= 0.6 is 34.5 Å². The Balaban J connectivity index is 1.55. The van der Waals surface area contributed by atoms with Crippen LogP contribution in [0.2, 0.25) is 10.0 Å². The van der Waals surface area contributed by atoms with Crippen molar-refractivity contribution in [2.45, 2.75) is 44.1 Å². The van der Waals surface area contributed by atoms with Gasteiger partial charge in [-0.3, -0.25) is 9.69 Å². The van der Waals surface area contributed by atoms with Gasteiger partial charge in [0.15, 0.2) is 5.13 Å². The Hall–Kier alpha value is -2.61. The van der Waals surface area contributed by atoms with Crippen LogP contribution in [0.1, 0.15) is 37.7 Å². The number of rotatable bonds is 8. The lowest BCUT2D eigenvalue weighted by atomic mass is 9.77. The molecule has 9 heteroatoms. The maximum Gasteiger partial charge on any atom is 0.239 e. The minimum absolute atomic E-state index is 0.0806. The van der Waals surface area contributed by atoms with Crippen molar-refractivity contribution in [1.82, 2.24) is 14.5 Å². The highest BCUT2D eigenvalue weighted by Crippen LogP contribution is 2.45. The monoisotopic (exact) mass is 528 g/mol. The fraction of sp³-hybridized carbons (Fsp3) is 0.346. The van der Waals surface area contributed by atoms with E-state index in [2.05, 4.69) is 4.98 Å². The van der Waals surface area contributed by atoms with E-state index in [9.17, 15) is 4.79 Å². The van der Waals surface area contributed by atoms with Gasteiger partial charge in [0.1, 0.15) is 11.3 Å². The maximum absolute atomic E-state index is 14.4. The van der Waals surface area contributed by atoms with E-state index in [1.807, 2.05) is 52.1 Å². The number of carbonyl (C=O) groups is 1. The number of methoxy groups -OCH3 is 1. The molecule has 0 unspecified atom stereocenters. The van der Waals surface area contributed by atoms with E-state index in [1.165, 1.54) is 11.3 Å². The zero-order valence-corrected chi connectivity index (χ0v) is 21.7. The van der Waals surface area contributed by atoms with Gasteiger partial charge in [-0.15, -0.1) is 0 Å². The third-order valence-corrected chi connectivity index (χ3v) is 8.55. The number of thiazole rings is 1. The summed E-state index contributed by atoms with van der Waals surface area (Å²) in [6, 6.07) is 11.3. The molecule has 0 aliphatic heterocycles. The Morgan fingerprint density at radius 3 is 2.63 bits per heavy atom. The number of hydrogen-bond donors (Lipinski definition) is 0. The van der Waals surface area contributed by atoms with Crippen molar-refractivity contribution in [3.8, 4) is 5.75 Å². The average Bonchev–Trinajstić information content (AvgIpc) is 3.64. The zero-order valence-electron chi connectivity index (χ0n) is 19.4. The van der Waals surface area contributed by atoms with Crippen molar-refractivity contribution >= 4 is 55.8 Å². The summed E-state index contributed by atoms with van der Waals surface area (Å²) in [5.41, 5.74) is 1.10. The number of ether oxygens (including phenoxy) is 1. The molecule has 2 heterocycles. The number of benzene rings is 2. The highest BCUT2D eigenvalue weighted by molar-refractivity contribution is 7.23. The smallest absolute Gasteiger partial charge is 0.239 e. The molecule has 4 aromatic rings. The van der Waals surface area contributed by atoms with Crippen molar-refractivity contribution in [3.63, 3.8) is 0 Å². The van der Waals surface area contributed by atoms with Gasteiger partial charge in [0.2, 0.25) is 5.91 Å².